The Kier molecular flexibility index (Phi) is 5.25. The highest BCUT2D eigenvalue weighted by Crippen LogP contribution is 2.27. The van der Waals surface area contributed by atoms with Crippen LogP contribution in [0.15, 0.2) is 17.5 Å². The molecule has 0 atom stereocenters. The second-order valence-electron chi connectivity index (χ2n) is 6.33. The largest absolute Gasteiger partial charge is 0.316 e. The molecule has 18 heavy (non-hydrogen) atoms. The molecule has 0 bridgehead atoms. The van der Waals surface area contributed by atoms with Gasteiger partial charge in [0.1, 0.15) is 0 Å². The van der Waals surface area contributed by atoms with Crippen molar-refractivity contribution in [2.45, 2.75) is 57.8 Å². The van der Waals surface area contributed by atoms with Gasteiger partial charge in [-0.1, -0.05) is 52.0 Å². The van der Waals surface area contributed by atoms with Crippen LogP contribution in [0, 0.1) is 5.92 Å². The topological polar surface area (TPSA) is 12.0 Å². The maximum absolute atomic E-state index is 3.67. The highest BCUT2D eigenvalue weighted by molar-refractivity contribution is 7.10. The molecule has 0 aliphatic heterocycles. The summed E-state index contributed by atoms with van der Waals surface area (Å²) < 4.78 is 0. The number of hydrogen-bond acceptors (Lipinski definition) is 2. The van der Waals surface area contributed by atoms with E-state index in [1.54, 1.807) is 0 Å². The van der Waals surface area contributed by atoms with Crippen LogP contribution in [0.4, 0.5) is 0 Å². The molecule has 0 aromatic carbocycles. The lowest BCUT2D eigenvalue weighted by molar-refractivity contribution is 0.329. The normalized spacial score (nSPS) is 18.1. The monoisotopic (exact) mass is 265 g/mol. The number of nitrogens with one attached hydrogen (secondary N) is 1. The lowest BCUT2D eigenvalue weighted by Crippen LogP contribution is -2.33. The Balaban J connectivity index is 1.65. The zero-order chi connectivity index (χ0) is 12.8. The summed E-state index contributed by atoms with van der Waals surface area (Å²) in [5, 5.41) is 5.85. The summed E-state index contributed by atoms with van der Waals surface area (Å²) in [4.78, 5) is 1.49. The van der Waals surface area contributed by atoms with Gasteiger partial charge in [0, 0.05) is 16.8 Å². The van der Waals surface area contributed by atoms with Crippen LogP contribution >= 0.6 is 11.3 Å². The smallest absolute Gasteiger partial charge is 0.0115 e. The molecule has 1 nitrogen and oxygen atoms in total. The molecule has 1 aliphatic carbocycles. The van der Waals surface area contributed by atoms with Crippen molar-refractivity contribution in [3.8, 4) is 0 Å². The van der Waals surface area contributed by atoms with Gasteiger partial charge >= 0.3 is 0 Å². The van der Waals surface area contributed by atoms with Crippen molar-refractivity contribution < 1.29 is 0 Å². The van der Waals surface area contributed by atoms with Crippen molar-refractivity contribution in [2.75, 3.05) is 13.1 Å². The van der Waals surface area contributed by atoms with Crippen LogP contribution in [0.2, 0.25) is 0 Å². The summed E-state index contributed by atoms with van der Waals surface area (Å²) in [5.41, 5.74) is 0.279. The SMILES string of the molecule is CC(C)(CNCCC1CCCCC1)c1cccs1. The van der Waals surface area contributed by atoms with Gasteiger partial charge in [-0.05, 0) is 30.3 Å². The van der Waals surface area contributed by atoms with Crippen LogP contribution < -0.4 is 5.32 Å². The molecule has 0 radical (unpaired) electrons. The predicted molar refractivity (Wildman–Crippen MR) is 81.4 cm³/mol. The first-order valence-corrected chi connectivity index (χ1v) is 8.31. The summed E-state index contributed by atoms with van der Waals surface area (Å²) in [6, 6.07) is 4.41. The number of hydrogen-bond donors (Lipinski definition) is 1. The van der Waals surface area contributed by atoms with E-state index in [0.717, 1.165) is 12.5 Å². The zero-order valence-corrected chi connectivity index (χ0v) is 12.7. The molecule has 1 aromatic rings. The Morgan fingerprint density at radius 1 is 1.28 bits per heavy atom. The average Bonchev–Trinajstić information content (AvgIpc) is 2.91. The van der Waals surface area contributed by atoms with Gasteiger partial charge in [-0.2, -0.15) is 0 Å². The number of thiophene rings is 1. The first-order chi connectivity index (χ1) is 8.68. The van der Waals surface area contributed by atoms with Gasteiger partial charge in [0.05, 0.1) is 0 Å². The molecule has 1 aromatic heterocycles. The summed E-state index contributed by atoms with van der Waals surface area (Å²) >= 11 is 1.88. The van der Waals surface area contributed by atoms with Crippen molar-refractivity contribution in [1.29, 1.82) is 0 Å². The fourth-order valence-corrected chi connectivity index (χ4v) is 3.79. The van der Waals surface area contributed by atoms with Crippen LogP contribution in [0.1, 0.15) is 57.2 Å². The molecule has 2 heteroatoms. The van der Waals surface area contributed by atoms with Crippen LogP contribution in [0.25, 0.3) is 0 Å². The lowest BCUT2D eigenvalue weighted by atomic mass is 9.87. The second kappa shape index (κ2) is 6.72. The highest BCUT2D eigenvalue weighted by Gasteiger charge is 2.21. The summed E-state index contributed by atoms with van der Waals surface area (Å²) in [6.45, 7) is 6.97. The molecular weight excluding hydrogens is 238 g/mol. The van der Waals surface area contributed by atoms with Crippen LogP contribution in [-0.4, -0.2) is 13.1 Å². The second-order valence-corrected chi connectivity index (χ2v) is 7.28. The van der Waals surface area contributed by atoms with Crippen molar-refractivity contribution in [1.82, 2.24) is 5.32 Å². The van der Waals surface area contributed by atoms with E-state index >= 15 is 0 Å². The van der Waals surface area contributed by atoms with Gasteiger partial charge in [0.25, 0.3) is 0 Å². The van der Waals surface area contributed by atoms with Crippen LogP contribution in [0.5, 0.6) is 0 Å². The summed E-state index contributed by atoms with van der Waals surface area (Å²) in [5.74, 6) is 0.996. The van der Waals surface area contributed by atoms with Crippen molar-refractivity contribution in [3.05, 3.63) is 22.4 Å². The van der Waals surface area contributed by atoms with E-state index in [2.05, 4.69) is 36.7 Å². The Bertz CT molecular complexity index is 323. The summed E-state index contributed by atoms with van der Waals surface area (Å²) in [6.07, 6.45) is 8.71. The van der Waals surface area contributed by atoms with Crippen LogP contribution in [0.3, 0.4) is 0 Å². The predicted octanol–water partition coefficient (Wildman–Crippen LogP) is 4.59. The van der Waals surface area contributed by atoms with Crippen molar-refractivity contribution in [3.63, 3.8) is 0 Å². The van der Waals surface area contributed by atoms with E-state index in [4.69, 9.17) is 0 Å². The molecule has 0 spiro atoms. The van der Waals surface area contributed by atoms with Gasteiger partial charge in [-0.25, -0.2) is 0 Å². The first-order valence-electron chi connectivity index (χ1n) is 7.43. The third kappa shape index (κ3) is 4.10. The molecule has 1 fully saturated rings. The minimum absolute atomic E-state index is 0.279. The van der Waals surface area contributed by atoms with Crippen LogP contribution in [-0.2, 0) is 5.41 Å². The highest BCUT2D eigenvalue weighted by atomic mass is 32.1. The minimum Gasteiger partial charge on any atom is -0.316 e. The van der Waals surface area contributed by atoms with Gasteiger partial charge in [0.15, 0.2) is 0 Å². The molecule has 1 saturated carbocycles. The van der Waals surface area contributed by atoms with Crippen molar-refractivity contribution >= 4 is 11.3 Å². The van der Waals surface area contributed by atoms with Gasteiger partial charge in [0.2, 0.25) is 0 Å². The molecule has 102 valence electrons. The average molecular weight is 265 g/mol. The fourth-order valence-electron chi connectivity index (χ4n) is 2.93. The Labute approximate surface area is 116 Å². The molecule has 1 heterocycles. The third-order valence-corrected chi connectivity index (χ3v) is 5.45. The minimum atomic E-state index is 0.279. The lowest BCUT2D eigenvalue weighted by Gasteiger charge is -2.25. The first kappa shape index (κ1) is 14.1. The Morgan fingerprint density at radius 2 is 2.06 bits per heavy atom. The molecule has 2 rings (SSSR count). The molecule has 0 amide bonds. The Hall–Kier alpha value is -0.340. The van der Waals surface area contributed by atoms with E-state index in [1.807, 2.05) is 11.3 Å². The molecule has 0 unspecified atom stereocenters. The molecular formula is C16H27NS. The van der Waals surface area contributed by atoms with Gasteiger partial charge in [-0.3, -0.25) is 0 Å². The number of rotatable bonds is 6. The maximum atomic E-state index is 3.67. The quantitative estimate of drug-likeness (QED) is 0.742. The standard InChI is InChI=1S/C16H27NS/c1-16(2,15-9-6-12-18-15)13-17-11-10-14-7-4-3-5-8-14/h6,9,12,14,17H,3-5,7-8,10-11,13H2,1-2H3. The van der Waals surface area contributed by atoms with Gasteiger partial charge < -0.3 is 5.32 Å². The fraction of sp³-hybridized carbons (Fsp3) is 0.750. The van der Waals surface area contributed by atoms with E-state index in [0.29, 0.717) is 0 Å². The van der Waals surface area contributed by atoms with E-state index in [-0.39, 0.29) is 5.41 Å². The Morgan fingerprint density at radius 3 is 2.72 bits per heavy atom. The van der Waals surface area contributed by atoms with Crippen molar-refractivity contribution in [2.24, 2.45) is 5.92 Å². The molecule has 1 N–H and O–H groups in total. The zero-order valence-electron chi connectivity index (χ0n) is 11.9. The van der Waals surface area contributed by atoms with E-state index in [1.165, 1.54) is 49.9 Å². The van der Waals surface area contributed by atoms with E-state index < -0.39 is 0 Å². The molecule has 1 aliphatic rings. The summed E-state index contributed by atoms with van der Waals surface area (Å²) in [7, 11) is 0. The van der Waals surface area contributed by atoms with E-state index in [9.17, 15) is 0 Å². The molecule has 0 saturated heterocycles. The maximum Gasteiger partial charge on any atom is 0.0115 e. The van der Waals surface area contributed by atoms with Gasteiger partial charge in [-0.15, -0.1) is 11.3 Å². The third-order valence-electron chi connectivity index (χ3n) is 4.21.